The second kappa shape index (κ2) is 11.4. The lowest BCUT2D eigenvalue weighted by Crippen LogP contribution is -2.23. The van der Waals surface area contributed by atoms with E-state index in [9.17, 15) is 0 Å². The Balaban J connectivity index is 3.06. The van der Waals surface area contributed by atoms with E-state index in [0.717, 1.165) is 5.92 Å². The minimum absolute atomic E-state index is 0.827. The molecule has 0 saturated heterocycles. The monoisotopic (exact) mass is 217 g/mol. The summed E-state index contributed by atoms with van der Waals surface area (Å²) in [7, 11) is 0. The van der Waals surface area contributed by atoms with Gasteiger partial charge in [-0.1, -0.05) is 33.6 Å². The molecule has 0 radical (unpaired) electrons. The van der Waals surface area contributed by atoms with Crippen LogP contribution in [0.25, 0.3) is 0 Å². The predicted octanol–water partition coefficient (Wildman–Crippen LogP) is 3.55. The van der Waals surface area contributed by atoms with E-state index < -0.39 is 0 Å². The van der Waals surface area contributed by atoms with E-state index in [1.54, 1.807) is 0 Å². The summed E-state index contributed by atoms with van der Waals surface area (Å²) in [6, 6.07) is 0. The summed E-state index contributed by atoms with van der Waals surface area (Å²) < 4.78 is 0. The number of thioether (sulfide) groups is 1. The standard InChI is InChI=1S/C12H27NS/c1-4-6-7-9-14-11-12(3)10-13-8-5-2/h12-13H,4-11H2,1-3H3. The molecule has 0 aromatic heterocycles. The first kappa shape index (κ1) is 14.3. The Bertz CT molecular complexity index is 106. The van der Waals surface area contributed by atoms with E-state index >= 15 is 0 Å². The maximum Gasteiger partial charge on any atom is -0.00153 e. The zero-order valence-corrected chi connectivity index (χ0v) is 11.0. The van der Waals surface area contributed by atoms with Crippen LogP contribution in [0.1, 0.15) is 46.5 Å². The lowest BCUT2D eigenvalue weighted by atomic mass is 10.2. The molecule has 2 heteroatoms. The Morgan fingerprint density at radius 3 is 2.57 bits per heavy atom. The van der Waals surface area contributed by atoms with Crippen molar-refractivity contribution < 1.29 is 0 Å². The highest BCUT2D eigenvalue weighted by molar-refractivity contribution is 7.99. The minimum Gasteiger partial charge on any atom is -0.316 e. The van der Waals surface area contributed by atoms with Gasteiger partial charge in [-0.3, -0.25) is 0 Å². The molecule has 1 N–H and O–H groups in total. The molecule has 0 fully saturated rings. The summed E-state index contributed by atoms with van der Waals surface area (Å²) in [5.41, 5.74) is 0. The molecule has 0 rings (SSSR count). The first-order valence-corrected chi connectivity index (χ1v) is 7.25. The molecule has 0 aromatic carbocycles. The Labute approximate surface area is 94.4 Å². The van der Waals surface area contributed by atoms with Crippen molar-refractivity contribution in [1.82, 2.24) is 5.32 Å². The van der Waals surface area contributed by atoms with Crippen LogP contribution in [0.3, 0.4) is 0 Å². The van der Waals surface area contributed by atoms with E-state index in [1.807, 2.05) is 0 Å². The van der Waals surface area contributed by atoms with Crippen LogP contribution < -0.4 is 5.32 Å². The van der Waals surface area contributed by atoms with Crippen LogP contribution in [0.2, 0.25) is 0 Å². The fourth-order valence-corrected chi connectivity index (χ4v) is 2.42. The highest BCUT2D eigenvalue weighted by Gasteiger charge is 2.00. The molecule has 0 saturated carbocycles. The van der Waals surface area contributed by atoms with Gasteiger partial charge >= 0.3 is 0 Å². The van der Waals surface area contributed by atoms with Gasteiger partial charge in [-0.2, -0.15) is 11.8 Å². The SMILES string of the molecule is CCCCCSCC(C)CNCCC. The van der Waals surface area contributed by atoms with Crippen molar-refractivity contribution in [3.8, 4) is 0 Å². The van der Waals surface area contributed by atoms with Gasteiger partial charge in [-0.15, -0.1) is 0 Å². The Morgan fingerprint density at radius 2 is 1.93 bits per heavy atom. The van der Waals surface area contributed by atoms with E-state index in [0.29, 0.717) is 0 Å². The summed E-state index contributed by atoms with van der Waals surface area (Å²) in [6.45, 7) is 9.19. The predicted molar refractivity (Wildman–Crippen MR) is 69.2 cm³/mol. The van der Waals surface area contributed by atoms with Gasteiger partial charge in [0.15, 0.2) is 0 Å². The number of hydrogen-bond donors (Lipinski definition) is 1. The van der Waals surface area contributed by atoms with Crippen molar-refractivity contribution in [2.75, 3.05) is 24.6 Å². The maximum absolute atomic E-state index is 3.47. The van der Waals surface area contributed by atoms with Crippen LogP contribution in [0.15, 0.2) is 0 Å². The van der Waals surface area contributed by atoms with Crippen LogP contribution >= 0.6 is 11.8 Å². The summed E-state index contributed by atoms with van der Waals surface area (Å²) in [5.74, 6) is 3.50. The van der Waals surface area contributed by atoms with Crippen molar-refractivity contribution in [2.24, 2.45) is 5.92 Å². The van der Waals surface area contributed by atoms with E-state index in [4.69, 9.17) is 0 Å². The van der Waals surface area contributed by atoms with Gasteiger partial charge in [0.2, 0.25) is 0 Å². The molecular formula is C12H27NS. The molecule has 14 heavy (non-hydrogen) atoms. The van der Waals surface area contributed by atoms with Gasteiger partial charge in [-0.05, 0) is 43.4 Å². The van der Waals surface area contributed by atoms with Crippen molar-refractivity contribution in [3.05, 3.63) is 0 Å². The third kappa shape index (κ3) is 10.4. The summed E-state index contributed by atoms with van der Waals surface area (Å²) in [5, 5.41) is 3.47. The van der Waals surface area contributed by atoms with E-state index in [1.165, 1.54) is 50.3 Å². The van der Waals surface area contributed by atoms with Gasteiger partial charge in [-0.25, -0.2) is 0 Å². The van der Waals surface area contributed by atoms with E-state index in [2.05, 4.69) is 37.8 Å². The second-order valence-corrected chi connectivity index (χ2v) is 5.24. The number of nitrogens with one attached hydrogen (secondary N) is 1. The molecule has 0 aliphatic heterocycles. The molecule has 86 valence electrons. The second-order valence-electron chi connectivity index (χ2n) is 4.09. The van der Waals surface area contributed by atoms with E-state index in [-0.39, 0.29) is 0 Å². The van der Waals surface area contributed by atoms with Crippen LogP contribution in [-0.2, 0) is 0 Å². The fraction of sp³-hybridized carbons (Fsp3) is 1.00. The smallest absolute Gasteiger partial charge is 0.00153 e. The average Bonchev–Trinajstić information content (AvgIpc) is 2.18. The summed E-state index contributed by atoms with van der Waals surface area (Å²) >= 11 is 2.12. The molecule has 1 atom stereocenters. The summed E-state index contributed by atoms with van der Waals surface area (Å²) in [6.07, 6.45) is 5.39. The zero-order valence-electron chi connectivity index (χ0n) is 10.1. The van der Waals surface area contributed by atoms with Crippen LogP contribution in [0.5, 0.6) is 0 Å². The molecule has 1 nitrogen and oxygen atoms in total. The van der Waals surface area contributed by atoms with Crippen molar-refractivity contribution in [1.29, 1.82) is 0 Å². The highest BCUT2D eigenvalue weighted by atomic mass is 32.2. The van der Waals surface area contributed by atoms with Gasteiger partial charge < -0.3 is 5.32 Å². The summed E-state index contributed by atoms with van der Waals surface area (Å²) in [4.78, 5) is 0. The Morgan fingerprint density at radius 1 is 1.14 bits per heavy atom. The fourth-order valence-electron chi connectivity index (χ4n) is 1.32. The topological polar surface area (TPSA) is 12.0 Å². The molecule has 0 amide bonds. The quantitative estimate of drug-likeness (QED) is 0.562. The van der Waals surface area contributed by atoms with Crippen LogP contribution in [-0.4, -0.2) is 24.6 Å². The highest BCUT2D eigenvalue weighted by Crippen LogP contribution is 2.10. The molecular weight excluding hydrogens is 190 g/mol. The third-order valence-corrected chi connectivity index (χ3v) is 3.60. The third-order valence-electron chi connectivity index (χ3n) is 2.21. The number of hydrogen-bond acceptors (Lipinski definition) is 2. The molecule has 0 aliphatic rings. The van der Waals surface area contributed by atoms with Gasteiger partial charge in [0, 0.05) is 0 Å². The molecule has 0 bridgehead atoms. The first-order valence-electron chi connectivity index (χ1n) is 6.09. The molecule has 0 spiro atoms. The van der Waals surface area contributed by atoms with Crippen molar-refractivity contribution >= 4 is 11.8 Å². The van der Waals surface area contributed by atoms with Crippen LogP contribution in [0, 0.1) is 5.92 Å². The van der Waals surface area contributed by atoms with Gasteiger partial charge in [0.25, 0.3) is 0 Å². The molecule has 1 unspecified atom stereocenters. The minimum atomic E-state index is 0.827. The Kier molecular flexibility index (Phi) is 11.6. The molecule has 0 aliphatic carbocycles. The Hall–Kier alpha value is 0.310. The molecule has 0 heterocycles. The number of rotatable bonds is 10. The zero-order chi connectivity index (χ0) is 10.6. The first-order chi connectivity index (χ1) is 6.81. The van der Waals surface area contributed by atoms with Gasteiger partial charge in [0.05, 0.1) is 0 Å². The largest absolute Gasteiger partial charge is 0.316 e. The van der Waals surface area contributed by atoms with Crippen molar-refractivity contribution in [3.63, 3.8) is 0 Å². The van der Waals surface area contributed by atoms with Crippen LogP contribution in [0.4, 0.5) is 0 Å². The number of unbranched alkanes of at least 4 members (excludes halogenated alkanes) is 2. The lowest BCUT2D eigenvalue weighted by molar-refractivity contribution is 0.557. The maximum atomic E-state index is 3.47. The average molecular weight is 217 g/mol. The normalized spacial score (nSPS) is 13.1. The molecule has 0 aromatic rings. The lowest BCUT2D eigenvalue weighted by Gasteiger charge is -2.11. The van der Waals surface area contributed by atoms with Gasteiger partial charge in [0.1, 0.15) is 0 Å². The van der Waals surface area contributed by atoms with Crippen molar-refractivity contribution in [2.45, 2.75) is 46.5 Å².